The van der Waals surface area contributed by atoms with Crippen molar-refractivity contribution in [2.75, 3.05) is 26.3 Å². The Morgan fingerprint density at radius 2 is 1.58 bits per heavy atom. The second kappa shape index (κ2) is 9.33. The maximum Gasteiger partial charge on any atom is 0.269 e. The fourth-order valence-electron chi connectivity index (χ4n) is 4.78. The Hall–Kier alpha value is -3.23. The van der Waals surface area contributed by atoms with Crippen molar-refractivity contribution < 1.29 is 13.2 Å². The van der Waals surface area contributed by atoms with Crippen molar-refractivity contribution in [3.8, 4) is 11.1 Å². The molecule has 182 valence electrons. The molecule has 0 spiro atoms. The molecular formula is C28H24ClN3O3S. The molecule has 3 heterocycles. The van der Waals surface area contributed by atoms with E-state index in [1.807, 2.05) is 18.2 Å². The molecule has 0 aliphatic carbocycles. The molecule has 0 N–H and O–H groups in total. The molecule has 1 aliphatic rings. The lowest BCUT2D eigenvalue weighted by molar-refractivity contribution is 0.0342. The van der Waals surface area contributed by atoms with Gasteiger partial charge in [0.15, 0.2) is 5.65 Å². The highest BCUT2D eigenvalue weighted by atomic mass is 35.5. The van der Waals surface area contributed by atoms with Crippen LogP contribution in [0.25, 0.3) is 33.1 Å². The number of benzene rings is 3. The minimum absolute atomic E-state index is 0.209. The summed E-state index contributed by atoms with van der Waals surface area (Å²) in [6.45, 7) is 4.36. The van der Waals surface area contributed by atoms with E-state index in [0.717, 1.165) is 49.4 Å². The minimum atomic E-state index is -3.86. The molecule has 6 rings (SSSR count). The average Bonchev–Trinajstić information content (AvgIpc) is 3.24. The topological polar surface area (TPSA) is 64.4 Å². The van der Waals surface area contributed by atoms with Gasteiger partial charge in [0.25, 0.3) is 10.0 Å². The average molecular weight is 518 g/mol. The van der Waals surface area contributed by atoms with Crippen LogP contribution in [-0.4, -0.2) is 48.6 Å². The molecule has 0 bridgehead atoms. The van der Waals surface area contributed by atoms with Gasteiger partial charge < -0.3 is 4.74 Å². The highest BCUT2D eigenvalue weighted by molar-refractivity contribution is 7.90. The highest BCUT2D eigenvalue weighted by Crippen LogP contribution is 2.35. The zero-order chi connectivity index (χ0) is 24.7. The van der Waals surface area contributed by atoms with Crippen molar-refractivity contribution in [3.05, 3.63) is 95.6 Å². The van der Waals surface area contributed by atoms with E-state index in [0.29, 0.717) is 21.6 Å². The number of hydrogen-bond donors (Lipinski definition) is 0. The van der Waals surface area contributed by atoms with Gasteiger partial charge in [0, 0.05) is 36.6 Å². The zero-order valence-corrected chi connectivity index (χ0v) is 21.0. The van der Waals surface area contributed by atoms with Gasteiger partial charge in [-0.3, -0.25) is 4.90 Å². The number of aromatic nitrogens is 2. The fourth-order valence-corrected chi connectivity index (χ4v) is 6.44. The molecule has 2 aromatic heterocycles. The summed E-state index contributed by atoms with van der Waals surface area (Å²) in [5.41, 5.74) is 4.23. The molecule has 8 heteroatoms. The van der Waals surface area contributed by atoms with Crippen molar-refractivity contribution in [1.82, 2.24) is 13.9 Å². The number of pyridine rings is 1. The minimum Gasteiger partial charge on any atom is -0.379 e. The second-order valence-corrected chi connectivity index (χ2v) is 11.1. The van der Waals surface area contributed by atoms with E-state index < -0.39 is 10.0 Å². The summed E-state index contributed by atoms with van der Waals surface area (Å²) >= 11 is 6.28. The smallest absolute Gasteiger partial charge is 0.269 e. The summed E-state index contributed by atoms with van der Waals surface area (Å²) in [7, 11) is -3.86. The number of halogens is 1. The van der Waals surface area contributed by atoms with Crippen LogP contribution in [0.3, 0.4) is 0 Å². The third-order valence-electron chi connectivity index (χ3n) is 6.61. The maximum atomic E-state index is 13.6. The van der Waals surface area contributed by atoms with Crippen LogP contribution in [0.1, 0.15) is 5.56 Å². The van der Waals surface area contributed by atoms with Gasteiger partial charge in [-0.25, -0.2) is 17.4 Å². The van der Waals surface area contributed by atoms with Crippen LogP contribution in [0.15, 0.2) is 90.0 Å². The van der Waals surface area contributed by atoms with E-state index in [9.17, 15) is 8.42 Å². The molecule has 6 nitrogen and oxygen atoms in total. The van der Waals surface area contributed by atoms with Gasteiger partial charge in [-0.1, -0.05) is 60.1 Å². The summed E-state index contributed by atoms with van der Waals surface area (Å²) in [4.78, 5) is 7.02. The molecule has 1 saturated heterocycles. The molecule has 0 unspecified atom stereocenters. The Kier molecular flexibility index (Phi) is 6.01. The number of rotatable bonds is 5. The van der Waals surface area contributed by atoms with Crippen LogP contribution in [0, 0.1) is 0 Å². The first kappa shape index (κ1) is 23.2. The first-order valence-electron chi connectivity index (χ1n) is 11.8. The summed E-state index contributed by atoms with van der Waals surface area (Å²) in [5, 5.41) is 1.94. The number of nitrogens with zero attached hydrogens (tertiary/aromatic N) is 3. The Balaban J connectivity index is 1.44. The van der Waals surface area contributed by atoms with Crippen molar-refractivity contribution in [2.45, 2.75) is 11.4 Å². The van der Waals surface area contributed by atoms with E-state index in [-0.39, 0.29) is 4.90 Å². The Labute approximate surface area is 214 Å². The fraction of sp³-hybridized carbons (Fsp3) is 0.179. The molecule has 3 aromatic carbocycles. The van der Waals surface area contributed by atoms with E-state index in [4.69, 9.17) is 16.3 Å². The van der Waals surface area contributed by atoms with Crippen LogP contribution in [0.5, 0.6) is 0 Å². The van der Waals surface area contributed by atoms with E-state index in [1.165, 1.54) is 15.7 Å². The summed E-state index contributed by atoms with van der Waals surface area (Å²) in [6.07, 6.45) is 1.48. The predicted molar refractivity (Wildman–Crippen MR) is 143 cm³/mol. The molecule has 0 radical (unpaired) electrons. The van der Waals surface area contributed by atoms with E-state index in [1.54, 1.807) is 36.4 Å². The molecule has 1 fully saturated rings. The number of morpholine rings is 1. The van der Waals surface area contributed by atoms with Crippen LogP contribution in [0.2, 0.25) is 5.02 Å². The Morgan fingerprint density at radius 1 is 0.861 bits per heavy atom. The molecular weight excluding hydrogens is 494 g/mol. The van der Waals surface area contributed by atoms with Gasteiger partial charge in [-0.2, -0.15) is 0 Å². The second-order valence-electron chi connectivity index (χ2n) is 8.92. The number of ether oxygens (including phenoxy) is 1. The van der Waals surface area contributed by atoms with Gasteiger partial charge >= 0.3 is 0 Å². The lowest BCUT2D eigenvalue weighted by atomic mass is 10.0. The monoisotopic (exact) mass is 517 g/mol. The first-order valence-corrected chi connectivity index (χ1v) is 13.6. The van der Waals surface area contributed by atoms with Crippen molar-refractivity contribution >= 4 is 43.6 Å². The van der Waals surface area contributed by atoms with Gasteiger partial charge in [-0.15, -0.1) is 0 Å². The Morgan fingerprint density at radius 3 is 2.33 bits per heavy atom. The van der Waals surface area contributed by atoms with Crippen molar-refractivity contribution in [1.29, 1.82) is 0 Å². The molecule has 36 heavy (non-hydrogen) atoms. The molecule has 0 amide bonds. The quantitative estimate of drug-likeness (QED) is 0.304. The predicted octanol–water partition coefficient (Wildman–Crippen LogP) is 5.58. The standard InChI is InChI=1S/C28H24ClN3O3S/c29-23-17-26-25-16-22(21-8-6-20(7-9-21)19-31-12-14-35-15-13-31)10-11-27(25)32(28(26)30-18-23)36(33,34)24-4-2-1-3-5-24/h1-11,16-18H,12-15,19H2. The number of hydrogen-bond acceptors (Lipinski definition) is 5. The van der Waals surface area contributed by atoms with Crippen LogP contribution in [0.4, 0.5) is 0 Å². The normalized spacial score (nSPS) is 15.0. The summed E-state index contributed by atoms with van der Waals surface area (Å²) in [5.74, 6) is 0. The summed E-state index contributed by atoms with van der Waals surface area (Å²) < 4.78 is 34.0. The number of fused-ring (bicyclic) bond motifs is 3. The molecule has 1 aliphatic heterocycles. The SMILES string of the molecule is O=S(=O)(c1ccccc1)n1c2ccc(-c3ccc(CN4CCOCC4)cc3)cc2c2cc(Cl)cnc21. The summed E-state index contributed by atoms with van der Waals surface area (Å²) in [6, 6.07) is 24.5. The molecule has 5 aromatic rings. The Bertz CT molecular complexity index is 1660. The largest absolute Gasteiger partial charge is 0.379 e. The first-order chi connectivity index (χ1) is 17.5. The van der Waals surface area contributed by atoms with Crippen LogP contribution >= 0.6 is 11.6 Å². The van der Waals surface area contributed by atoms with E-state index in [2.05, 4.69) is 34.1 Å². The third-order valence-corrected chi connectivity index (χ3v) is 8.53. The molecule has 0 atom stereocenters. The highest BCUT2D eigenvalue weighted by Gasteiger charge is 2.24. The van der Waals surface area contributed by atoms with Gasteiger partial charge in [0.1, 0.15) is 0 Å². The lowest BCUT2D eigenvalue weighted by Crippen LogP contribution is -2.35. The van der Waals surface area contributed by atoms with Gasteiger partial charge in [-0.05, 0) is 47.0 Å². The van der Waals surface area contributed by atoms with Crippen LogP contribution < -0.4 is 0 Å². The van der Waals surface area contributed by atoms with E-state index >= 15 is 0 Å². The van der Waals surface area contributed by atoms with Crippen LogP contribution in [-0.2, 0) is 21.3 Å². The lowest BCUT2D eigenvalue weighted by Gasteiger charge is -2.26. The molecule has 0 saturated carbocycles. The maximum absolute atomic E-state index is 13.6. The van der Waals surface area contributed by atoms with Gasteiger partial charge in [0.05, 0.1) is 28.6 Å². The van der Waals surface area contributed by atoms with Gasteiger partial charge in [0.2, 0.25) is 0 Å². The third kappa shape index (κ3) is 4.18. The van der Waals surface area contributed by atoms with Crippen molar-refractivity contribution in [2.24, 2.45) is 0 Å². The van der Waals surface area contributed by atoms with Crippen molar-refractivity contribution in [3.63, 3.8) is 0 Å². The zero-order valence-electron chi connectivity index (χ0n) is 19.5.